The van der Waals surface area contributed by atoms with Crippen LogP contribution in [0, 0.1) is 6.92 Å². The first-order valence-electron chi connectivity index (χ1n) is 4.93. The summed E-state index contributed by atoms with van der Waals surface area (Å²) in [4.78, 5) is 14.3. The van der Waals surface area contributed by atoms with Crippen molar-refractivity contribution in [1.82, 2.24) is 0 Å². The topological polar surface area (TPSA) is 17.1 Å². The Hall–Kier alpha value is -0.490. The maximum atomic E-state index is 12.3. The van der Waals surface area contributed by atoms with E-state index < -0.39 is 0 Å². The van der Waals surface area contributed by atoms with Crippen LogP contribution in [0.1, 0.15) is 20.1 Å². The summed E-state index contributed by atoms with van der Waals surface area (Å²) in [6.45, 7) is 1.98. The van der Waals surface area contributed by atoms with Gasteiger partial charge in [0.15, 0.2) is 0 Å². The molecule has 0 aliphatic rings. The van der Waals surface area contributed by atoms with Gasteiger partial charge in [0.1, 0.15) is 0 Å². The summed E-state index contributed by atoms with van der Waals surface area (Å²) in [7, 11) is 0. The van der Waals surface area contributed by atoms with Gasteiger partial charge >= 0.3 is 0 Å². The molecule has 3 aromatic heterocycles. The molecule has 17 heavy (non-hydrogen) atoms. The Morgan fingerprint density at radius 2 is 2.06 bits per heavy atom. The monoisotopic (exact) mass is 342 g/mol. The summed E-state index contributed by atoms with van der Waals surface area (Å²) in [5.74, 6) is 0.137. The van der Waals surface area contributed by atoms with Gasteiger partial charge in [-0.15, -0.1) is 34.0 Å². The Kier molecular flexibility index (Phi) is 2.94. The van der Waals surface area contributed by atoms with E-state index in [0.29, 0.717) is 0 Å². The average Bonchev–Trinajstić information content (AvgIpc) is 2.90. The lowest BCUT2D eigenvalue weighted by molar-refractivity contribution is 0.104. The number of thiophene rings is 3. The molecular weight excluding hydrogens is 336 g/mol. The predicted octanol–water partition coefficient (Wildman–Crippen LogP) is 5.33. The maximum Gasteiger partial charge on any atom is 0.204 e. The minimum absolute atomic E-state index is 0.137. The van der Waals surface area contributed by atoms with Crippen LogP contribution in [-0.2, 0) is 0 Å². The lowest BCUT2D eigenvalue weighted by Gasteiger charge is -1.94. The van der Waals surface area contributed by atoms with Gasteiger partial charge in [-0.25, -0.2) is 0 Å². The molecule has 0 atom stereocenters. The molecule has 1 nitrogen and oxygen atoms in total. The minimum atomic E-state index is 0.137. The van der Waals surface area contributed by atoms with Crippen molar-refractivity contribution in [3.8, 4) is 0 Å². The first-order valence-corrected chi connectivity index (χ1v) is 8.23. The van der Waals surface area contributed by atoms with Crippen molar-refractivity contribution in [3.05, 3.63) is 42.7 Å². The fourth-order valence-electron chi connectivity index (χ4n) is 1.68. The van der Waals surface area contributed by atoms with Gasteiger partial charge in [0.2, 0.25) is 5.78 Å². The highest BCUT2D eigenvalue weighted by Gasteiger charge is 2.17. The Labute approximate surface area is 119 Å². The highest BCUT2D eigenvalue weighted by atomic mass is 79.9. The number of rotatable bonds is 2. The summed E-state index contributed by atoms with van der Waals surface area (Å²) in [5, 5.41) is 2.06. The van der Waals surface area contributed by atoms with Gasteiger partial charge in [-0.3, -0.25) is 4.79 Å². The first-order chi connectivity index (χ1) is 8.15. The summed E-state index contributed by atoms with van der Waals surface area (Å²) in [5.41, 5.74) is 0.816. The minimum Gasteiger partial charge on any atom is -0.288 e. The highest BCUT2D eigenvalue weighted by Crippen LogP contribution is 2.34. The van der Waals surface area contributed by atoms with Crippen molar-refractivity contribution >= 4 is 65.1 Å². The van der Waals surface area contributed by atoms with Crippen LogP contribution in [0.2, 0.25) is 0 Å². The lowest BCUT2D eigenvalue weighted by atomic mass is 10.1. The van der Waals surface area contributed by atoms with E-state index in [4.69, 9.17) is 0 Å². The van der Waals surface area contributed by atoms with Crippen molar-refractivity contribution in [2.75, 3.05) is 0 Å². The molecule has 0 aromatic carbocycles. The summed E-state index contributed by atoms with van der Waals surface area (Å²) < 4.78 is 3.41. The zero-order valence-electron chi connectivity index (χ0n) is 8.82. The standard InChI is InChI=1S/C12H7BrOS3/c1-6-7(4-11(13)16-6)12(14)10-5-9-8(17-10)2-3-15-9/h2-5H,1H3. The smallest absolute Gasteiger partial charge is 0.204 e. The SMILES string of the molecule is Cc1sc(Br)cc1C(=O)c1cc2sccc2s1. The van der Waals surface area contributed by atoms with Crippen molar-refractivity contribution in [1.29, 1.82) is 0 Å². The lowest BCUT2D eigenvalue weighted by Crippen LogP contribution is -1.97. The summed E-state index contributed by atoms with van der Waals surface area (Å²) in [6, 6.07) is 5.98. The fraction of sp³-hybridized carbons (Fsp3) is 0.0833. The zero-order chi connectivity index (χ0) is 12.0. The van der Waals surface area contributed by atoms with Crippen molar-refractivity contribution in [3.63, 3.8) is 0 Å². The largest absolute Gasteiger partial charge is 0.288 e. The molecule has 3 rings (SSSR count). The zero-order valence-corrected chi connectivity index (χ0v) is 12.9. The van der Waals surface area contributed by atoms with Crippen molar-refractivity contribution in [2.45, 2.75) is 6.92 Å². The fourth-order valence-corrected chi connectivity index (χ4v) is 5.43. The van der Waals surface area contributed by atoms with Crippen LogP contribution >= 0.6 is 49.9 Å². The van der Waals surface area contributed by atoms with Crippen molar-refractivity contribution < 1.29 is 4.79 Å². The normalized spacial score (nSPS) is 11.2. The quantitative estimate of drug-likeness (QED) is 0.575. The van der Waals surface area contributed by atoms with E-state index in [9.17, 15) is 4.79 Å². The van der Waals surface area contributed by atoms with Crippen LogP contribution < -0.4 is 0 Å². The van der Waals surface area contributed by atoms with Crippen LogP contribution in [0.3, 0.4) is 0 Å². The molecule has 0 spiro atoms. The number of hydrogen-bond donors (Lipinski definition) is 0. The highest BCUT2D eigenvalue weighted by molar-refractivity contribution is 9.11. The molecule has 0 aliphatic carbocycles. The second kappa shape index (κ2) is 4.31. The van der Waals surface area contributed by atoms with Gasteiger partial charge < -0.3 is 0 Å². The van der Waals surface area contributed by atoms with E-state index in [0.717, 1.165) is 19.1 Å². The molecule has 0 bridgehead atoms. The molecule has 0 saturated heterocycles. The molecule has 0 saturated carbocycles. The molecule has 86 valence electrons. The van der Waals surface area contributed by atoms with Crippen LogP contribution in [0.5, 0.6) is 0 Å². The third kappa shape index (κ3) is 2.01. The number of carbonyl (C=O) groups excluding carboxylic acids is 1. The number of hydrogen-bond acceptors (Lipinski definition) is 4. The molecule has 0 aliphatic heterocycles. The van der Waals surface area contributed by atoms with E-state index in [1.165, 1.54) is 9.40 Å². The molecule has 0 radical (unpaired) electrons. The van der Waals surface area contributed by atoms with E-state index in [-0.39, 0.29) is 5.78 Å². The van der Waals surface area contributed by atoms with Crippen molar-refractivity contribution in [2.24, 2.45) is 0 Å². The molecular formula is C12H7BrOS3. The Balaban J connectivity index is 2.07. The number of halogens is 1. The number of carbonyl (C=O) groups is 1. The van der Waals surface area contributed by atoms with Crippen LogP contribution in [-0.4, -0.2) is 5.78 Å². The molecule has 0 N–H and O–H groups in total. The van der Waals surface area contributed by atoms with Gasteiger partial charge in [0.25, 0.3) is 0 Å². The Morgan fingerprint density at radius 3 is 2.71 bits per heavy atom. The van der Waals surface area contributed by atoms with Gasteiger partial charge in [-0.05, 0) is 46.4 Å². The van der Waals surface area contributed by atoms with Crippen LogP contribution in [0.4, 0.5) is 0 Å². The van der Waals surface area contributed by atoms with Crippen LogP contribution in [0.25, 0.3) is 9.40 Å². The molecule has 0 fully saturated rings. The predicted molar refractivity (Wildman–Crippen MR) is 79.9 cm³/mol. The Morgan fingerprint density at radius 1 is 1.24 bits per heavy atom. The van der Waals surface area contributed by atoms with E-state index in [1.807, 2.05) is 19.1 Å². The summed E-state index contributed by atoms with van der Waals surface area (Å²) in [6.07, 6.45) is 0. The number of aryl methyl sites for hydroxylation is 1. The van der Waals surface area contributed by atoms with Gasteiger partial charge in [0, 0.05) is 19.8 Å². The molecule has 5 heteroatoms. The summed E-state index contributed by atoms with van der Waals surface area (Å²) >= 11 is 8.28. The third-order valence-electron chi connectivity index (χ3n) is 2.50. The average molecular weight is 343 g/mol. The van der Waals surface area contributed by atoms with E-state index in [2.05, 4.69) is 27.4 Å². The second-order valence-electron chi connectivity index (χ2n) is 3.61. The molecule has 3 heterocycles. The number of ketones is 1. The van der Waals surface area contributed by atoms with Gasteiger partial charge in [0.05, 0.1) is 8.66 Å². The van der Waals surface area contributed by atoms with Gasteiger partial charge in [-0.1, -0.05) is 0 Å². The van der Waals surface area contributed by atoms with E-state index in [1.54, 1.807) is 34.0 Å². The second-order valence-corrected chi connectivity index (χ2v) is 8.28. The molecule has 0 unspecified atom stereocenters. The van der Waals surface area contributed by atoms with Gasteiger partial charge in [-0.2, -0.15) is 0 Å². The Bertz CT molecular complexity index is 676. The van der Waals surface area contributed by atoms with Crippen LogP contribution in [0.15, 0.2) is 27.4 Å². The number of fused-ring (bicyclic) bond motifs is 1. The third-order valence-corrected chi connectivity index (χ3v) is 6.14. The molecule has 3 aromatic rings. The first kappa shape index (κ1) is 11.6. The maximum absolute atomic E-state index is 12.3. The van der Waals surface area contributed by atoms with E-state index >= 15 is 0 Å². The molecule has 0 amide bonds.